The van der Waals surface area contributed by atoms with Gasteiger partial charge in [0.25, 0.3) is 0 Å². The van der Waals surface area contributed by atoms with Crippen LogP contribution in [0.5, 0.6) is 5.88 Å². The second-order valence-electron chi connectivity index (χ2n) is 3.94. The van der Waals surface area contributed by atoms with Gasteiger partial charge in [0.1, 0.15) is 12.4 Å². The third-order valence-corrected chi connectivity index (χ3v) is 2.46. The molecule has 0 saturated heterocycles. The molecule has 0 fully saturated rings. The number of aliphatic hydroxyl groups is 1. The number of nitrogens with zero attached hydrogens (tertiary/aromatic N) is 3. The molecule has 2 rings (SSSR count). The van der Waals surface area contributed by atoms with Crippen LogP contribution >= 0.6 is 0 Å². The van der Waals surface area contributed by atoms with Gasteiger partial charge in [-0.3, -0.25) is 0 Å². The summed E-state index contributed by atoms with van der Waals surface area (Å²) in [5.74, 6) is -0.128. The van der Waals surface area contributed by atoms with Gasteiger partial charge in [0.15, 0.2) is 0 Å². The van der Waals surface area contributed by atoms with Crippen molar-refractivity contribution in [2.75, 3.05) is 13.2 Å². The molecule has 5 nitrogen and oxygen atoms in total. The number of halogens is 1. The van der Waals surface area contributed by atoms with Crippen molar-refractivity contribution in [2.45, 2.75) is 20.8 Å². The first-order chi connectivity index (χ1) is 10.1. The van der Waals surface area contributed by atoms with Crippen molar-refractivity contribution in [1.29, 1.82) is 5.26 Å². The lowest BCUT2D eigenvalue weighted by atomic mass is 10.2. The van der Waals surface area contributed by atoms with E-state index in [2.05, 4.69) is 5.10 Å². The maximum atomic E-state index is 13.4. The lowest BCUT2D eigenvalue weighted by Gasteiger charge is -2.02. The topological polar surface area (TPSA) is 71.1 Å². The molecule has 112 valence electrons. The predicted octanol–water partition coefficient (Wildman–Crippen LogP) is 2.59. The van der Waals surface area contributed by atoms with E-state index < -0.39 is 5.82 Å². The maximum absolute atomic E-state index is 13.4. The Morgan fingerprint density at radius 2 is 2.10 bits per heavy atom. The molecule has 0 unspecified atom stereocenters. The van der Waals surface area contributed by atoms with Crippen molar-refractivity contribution in [3.8, 4) is 17.6 Å². The molecule has 0 atom stereocenters. The predicted molar refractivity (Wildman–Crippen MR) is 76.9 cm³/mol. The summed E-state index contributed by atoms with van der Waals surface area (Å²) in [7, 11) is 0. The molecule has 0 radical (unpaired) electrons. The number of aryl methyl sites for hydroxylation is 1. The van der Waals surface area contributed by atoms with Crippen molar-refractivity contribution >= 4 is 0 Å². The highest BCUT2D eigenvalue weighted by molar-refractivity contribution is 5.42. The van der Waals surface area contributed by atoms with Crippen LogP contribution in [0.3, 0.4) is 0 Å². The molecule has 0 aliphatic carbocycles. The van der Waals surface area contributed by atoms with Gasteiger partial charge >= 0.3 is 0 Å². The first-order valence-corrected chi connectivity index (χ1v) is 6.65. The van der Waals surface area contributed by atoms with Crippen molar-refractivity contribution in [2.24, 2.45) is 0 Å². The van der Waals surface area contributed by atoms with E-state index in [1.807, 2.05) is 19.9 Å². The number of aliphatic hydroxyl groups excluding tert-OH is 1. The number of nitriles is 1. The summed E-state index contributed by atoms with van der Waals surface area (Å²) in [6.07, 6.45) is 1.67. The van der Waals surface area contributed by atoms with Gasteiger partial charge in [0.05, 0.1) is 23.9 Å². The van der Waals surface area contributed by atoms with Crippen LogP contribution in [0.1, 0.15) is 25.0 Å². The van der Waals surface area contributed by atoms with E-state index >= 15 is 0 Å². The number of rotatable bonds is 4. The van der Waals surface area contributed by atoms with Crippen LogP contribution in [0.15, 0.2) is 24.4 Å². The highest BCUT2D eigenvalue weighted by Gasteiger charge is 2.09. The van der Waals surface area contributed by atoms with Crippen LogP contribution in [0, 0.1) is 24.1 Å². The van der Waals surface area contributed by atoms with Gasteiger partial charge in [-0.15, -0.1) is 5.10 Å². The van der Waals surface area contributed by atoms with Gasteiger partial charge in [0, 0.05) is 11.8 Å². The molecule has 1 aromatic carbocycles. The van der Waals surface area contributed by atoms with E-state index in [9.17, 15) is 4.39 Å². The summed E-state index contributed by atoms with van der Waals surface area (Å²) in [6.45, 7) is 5.83. The average Bonchev–Trinajstić information content (AvgIpc) is 2.87. The Balaban J connectivity index is 0.00000106. The van der Waals surface area contributed by atoms with Gasteiger partial charge in [0.2, 0.25) is 5.88 Å². The molecular formula is C15H18FN3O2. The van der Waals surface area contributed by atoms with Crippen molar-refractivity contribution in [1.82, 2.24) is 9.78 Å². The molecule has 0 bridgehead atoms. The first kappa shape index (κ1) is 16.7. The van der Waals surface area contributed by atoms with Crippen LogP contribution in [0.2, 0.25) is 0 Å². The standard InChI is InChI=1S/C13H12FN3O2.C2H6/c1-9-8-17(16-13(9)19-3-2-18)12-5-10(7-15)4-11(14)6-12;1-2/h4-6,8,18H,2-3H2,1H3;1-2H3. The van der Waals surface area contributed by atoms with Crippen LogP contribution in [0.25, 0.3) is 5.69 Å². The maximum Gasteiger partial charge on any atom is 0.236 e. The number of hydrogen-bond acceptors (Lipinski definition) is 4. The van der Waals surface area contributed by atoms with Gasteiger partial charge in [-0.1, -0.05) is 13.8 Å². The zero-order valence-corrected chi connectivity index (χ0v) is 12.3. The van der Waals surface area contributed by atoms with E-state index in [0.29, 0.717) is 11.6 Å². The zero-order valence-electron chi connectivity index (χ0n) is 12.3. The van der Waals surface area contributed by atoms with E-state index in [1.54, 1.807) is 13.1 Å². The largest absolute Gasteiger partial charge is 0.474 e. The summed E-state index contributed by atoms with van der Waals surface area (Å²) in [6, 6.07) is 5.86. The Morgan fingerprint density at radius 3 is 2.71 bits per heavy atom. The molecule has 1 aromatic heterocycles. The molecule has 1 heterocycles. The van der Waals surface area contributed by atoms with E-state index in [1.165, 1.54) is 16.8 Å². The second kappa shape index (κ2) is 8.02. The van der Waals surface area contributed by atoms with Gasteiger partial charge in [-0.2, -0.15) is 5.26 Å². The zero-order chi connectivity index (χ0) is 15.8. The van der Waals surface area contributed by atoms with Crippen LogP contribution in [-0.4, -0.2) is 28.1 Å². The first-order valence-electron chi connectivity index (χ1n) is 6.65. The third-order valence-electron chi connectivity index (χ3n) is 2.46. The fraction of sp³-hybridized carbons (Fsp3) is 0.333. The number of ether oxygens (including phenoxy) is 1. The Morgan fingerprint density at radius 1 is 1.38 bits per heavy atom. The normalized spacial score (nSPS) is 9.52. The van der Waals surface area contributed by atoms with Crippen LogP contribution < -0.4 is 4.74 Å². The quantitative estimate of drug-likeness (QED) is 0.940. The molecule has 0 spiro atoms. The van der Waals surface area contributed by atoms with Crippen LogP contribution in [0.4, 0.5) is 4.39 Å². The summed E-state index contributed by atoms with van der Waals surface area (Å²) in [5.41, 5.74) is 1.43. The van der Waals surface area contributed by atoms with E-state index in [4.69, 9.17) is 15.1 Å². The van der Waals surface area contributed by atoms with Gasteiger partial charge < -0.3 is 9.84 Å². The molecule has 0 aliphatic rings. The molecule has 1 N–H and O–H groups in total. The highest BCUT2D eigenvalue weighted by atomic mass is 19.1. The molecular weight excluding hydrogens is 273 g/mol. The minimum Gasteiger partial charge on any atom is -0.474 e. The molecule has 0 saturated carbocycles. The second-order valence-corrected chi connectivity index (χ2v) is 3.94. The van der Waals surface area contributed by atoms with Crippen molar-refractivity contribution in [3.05, 3.63) is 41.3 Å². The molecule has 0 amide bonds. The smallest absolute Gasteiger partial charge is 0.236 e. The number of aromatic nitrogens is 2. The fourth-order valence-corrected chi connectivity index (χ4v) is 1.63. The highest BCUT2D eigenvalue weighted by Crippen LogP contribution is 2.19. The summed E-state index contributed by atoms with van der Waals surface area (Å²) in [5, 5.41) is 21.7. The Bertz CT molecular complexity index is 632. The number of benzene rings is 1. The Hall–Kier alpha value is -2.39. The summed E-state index contributed by atoms with van der Waals surface area (Å²) < 4.78 is 20.0. The van der Waals surface area contributed by atoms with Gasteiger partial charge in [-0.05, 0) is 25.1 Å². The third kappa shape index (κ3) is 4.29. The Kier molecular flexibility index (Phi) is 6.37. The monoisotopic (exact) mass is 291 g/mol. The fourth-order valence-electron chi connectivity index (χ4n) is 1.63. The van der Waals surface area contributed by atoms with Crippen molar-refractivity contribution in [3.63, 3.8) is 0 Å². The van der Waals surface area contributed by atoms with E-state index in [0.717, 1.165) is 11.6 Å². The van der Waals surface area contributed by atoms with Gasteiger partial charge in [-0.25, -0.2) is 9.07 Å². The summed E-state index contributed by atoms with van der Waals surface area (Å²) >= 11 is 0. The minimum absolute atomic E-state index is 0.106. The van der Waals surface area contributed by atoms with Crippen molar-refractivity contribution < 1.29 is 14.2 Å². The summed E-state index contributed by atoms with van der Waals surface area (Å²) in [4.78, 5) is 0. The molecule has 6 heteroatoms. The Labute approximate surface area is 123 Å². The lowest BCUT2D eigenvalue weighted by Crippen LogP contribution is -2.03. The van der Waals surface area contributed by atoms with E-state index in [-0.39, 0.29) is 18.8 Å². The number of hydrogen-bond donors (Lipinski definition) is 1. The minimum atomic E-state index is -0.500. The van der Waals surface area contributed by atoms with Crippen LogP contribution in [-0.2, 0) is 0 Å². The SMILES string of the molecule is CC.Cc1cn(-c2cc(F)cc(C#N)c2)nc1OCCO. The molecule has 0 aliphatic heterocycles. The molecule has 21 heavy (non-hydrogen) atoms. The molecule has 2 aromatic rings. The lowest BCUT2D eigenvalue weighted by molar-refractivity contribution is 0.195. The average molecular weight is 291 g/mol.